The number of rotatable bonds is 8. The quantitative estimate of drug-likeness (QED) is 0.265. The van der Waals surface area contributed by atoms with Gasteiger partial charge in [-0.15, -0.1) is 0 Å². The predicted molar refractivity (Wildman–Crippen MR) is 135 cm³/mol. The number of methoxy groups -OCH3 is 1. The molecule has 1 unspecified atom stereocenters. The van der Waals surface area contributed by atoms with Crippen LogP contribution < -0.4 is 19.1 Å². The molecule has 186 valence electrons. The molecule has 1 heterocycles. The summed E-state index contributed by atoms with van der Waals surface area (Å²) in [4.78, 5) is 28.0. The third-order valence-electron chi connectivity index (χ3n) is 5.84. The minimum absolute atomic E-state index is 0.131. The van der Waals surface area contributed by atoms with E-state index in [1.807, 2.05) is 6.92 Å². The Hall–Kier alpha value is -4.46. The lowest BCUT2D eigenvalue weighted by Crippen LogP contribution is -2.29. The van der Waals surface area contributed by atoms with Crippen molar-refractivity contribution in [1.82, 2.24) is 0 Å². The van der Waals surface area contributed by atoms with Gasteiger partial charge in [0.1, 0.15) is 28.8 Å². The van der Waals surface area contributed by atoms with Gasteiger partial charge >= 0.3 is 0 Å². The van der Waals surface area contributed by atoms with E-state index in [1.54, 1.807) is 61.5 Å². The van der Waals surface area contributed by atoms with Crippen LogP contribution in [0.5, 0.6) is 23.0 Å². The maximum absolute atomic E-state index is 13.4. The molecular weight excluding hydrogens is 462 g/mol. The minimum Gasteiger partial charge on any atom is -0.507 e. The van der Waals surface area contributed by atoms with Gasteiger partial charge in [-0.1, -0.05) is 30.3 Å². The van der Waals surface area contributed by atoms with Crippen molar-refractivity contribution in [3.8, 4) is 23.0 Å². The summed E-state index contributed by atoms with van der Waals surface area (Å²) in [6.07, 6.45) is 0. The summed E-state index contributed by atoms with van der Waals surface area (Å²) in [5.41, 5.74) is 0.674. The third-order valence-corrected chi connectivity index (χ3v) is 5.84. The number of aromatic hydroxyl groups is 1. The van der Waals surface area contributed by atoms with Gasteiger partial charge in [0.2, 0.25) is 0 Å². The lowest BCUT2D eigenvalue weighted by atomic mass is 9.94. The highest BCUT2D eigenvalue weighted by Gasteiger charge is 2.48. The van der Waals surface area contributed by atoms with Crippen LogP contribution in [0.15, 0.2) is 72.3 Å². The largest absolute Gasteiger partial charge is 0.507 e. The van der Waals surface area contributed by atoms with Gasteiger partial charge in [-0.2, -0.15) is 0 Å². The van der Waals surface area contributed by atoms with Gasteiger partial charge in [-0.25, -0.2) is 0 Å². The number of anilines is 1. The van der Waals surface area contributed by atoms with Crippen LogP contribution in [0.2, 0.25) is 0 Å². The summed E-state index contributed by atoms with van der Waals surface area (Å²) in [6.45, 7) is 4.39. The van der Waals surface area contributed by atoms with Gasteiger partial charge < -0.3 is 24.4 Å². The highest BCUT2D eigenvalue weighted by Crippen LogP contribution is 2.47. The van der Waals surface area contributed by atoms with Gasteiger partial charge in [0, 0.05) is 11.6 Å². The van der Waals surface area contributed by atoms with E-state index in [0.29, 0.717) is 36.0 Å². The van der Waals surface area contributed by atoms with Gasteiger partial charge in [0.15, 0.2) is 0 Å². The molecule has 1 saturated heterocycles. The molecule has 8 heteroatoms. The van der Waals surface area contributed by atoms with Gasteiger partial charge in [0.05, 0.1) is 43.2 Å². The number of phenolic OH excluding ortho intramolecular Hbond substituents is 1. The van der Waals surface area contributed by atoms with Crippen molar-refractivity contribution < 1.29 is 34.0 Å². The van der Waals surface area contributed by atoms with E-state index in [2.05, 4.69) is 0 Å². The summed E-state index contributed by atoms with van der Waals surface area (Å²) in [7, 11) is 1.48. The van der Waals surface area contributed by atoms with E-state index in [-0.39, 0.29) is 22.6 Å². The predicted octanol–water partition coefficient (Wildman–Crippen LogP) is 4.82. The fourth-order valence-corrected chi connectivity index (χ4v) is 4.31. The number of Topliss-reactive ketones (excluding diaryl/α,β-unsaturated/α-hetero) is 1. The van der Waals surface area contributed by atoms with Crippen molar-refractivity contribution in [3.05, 3.63) is 83.4 Å². The number of nitrogens with zero attached hydrogens (tertiary/aromatic N) is 1. The first-order valence-corrected chi connectivity index (χ1v) is 11.5. The Morgan fingerprint density at radius 2 is 1.61 bits per heavy atom. The number of phenols is 1. The van der Waals surface area contributed by atoms with Crippen molar-refractivity contribution in [2.75, 3.05) is 25.2 Å². The zero-order valence-corrected chi connectivity index (χ0v) is 20.2. The molecule has 8 nitrogen and oxygen atoms in total. The first kappa shape index (κ1) is 24.7. The number of carbonyl (C=O) groups is 2. The van der Waals surface area contributed by atoms with Crippen molar-refractivity contribution >= 4 is 23.1 Å². The van der Waals surface area contributed by atoms with Crippen LogP contribution >= 0.6 is 0 Å². The van der Waals surface area contributed by atoms with Gasteiger partial charge in [0.25, 0.3) is 11.7 Å². The monoisotopic (exact) mass is 489 g/mol. The summed E-state index contributed by atoms with van der Waals surface area (Å²) < 4.78 is 16.8. The van der Waals surface area contributed by atoms with Crippen LogP contribution in [0.1, 0.15) is 31.0 Å². The first-order chi connectivity index (χ1) is 17.4. The van der Waals surface area contributed by atoms with E-state index >= 15 is 0 Å². The summed E-state index contributed by atoms with van der Waals surface area (Å²) in [5, 5.41) is 22.1. The molecule has 3 aromatic rings. The molecule has 1 atom stereocenters. The number of amides is 1. The molecule has 4 rings (SSSR count). The van der Waals surface area contributed by atoms with E-state index in [9.17, 15) is 19.8 Å². The summed E-state index contributed by atoms with van der Waals surface area (Å²) in [6, 6.07) is 16.9. The lowest BCUT2D eigenvalue weighted by Gasteiger charge is -2.27. The molecule has 3 aromatic carbocycles. The molecule has 0 spiro atoms. The Bertz CT molecular complexity index is 1330. The summed E-state index contributed by atoms with van der Waals surface area (Å²) in [5.74, 6) is -1.14. The Morgan fingerprint density at radius 3 is 2.31 bits per heavy atom. The molecule has 0 aromatic heterocycles. The lowest BCUT2D eigenvalue weighted by molar-refractivity contribution is -0.132. The number of hydrogen-bond acceptors (Lipinski definition) is 7. The first-order valence-electron chi connectivity index (χ1n) is 11.5. The highest BCUT2D eigenvalue weighted by molar-refractivity contribution is 6.52. The number of aliphatic hydroxyl groups is 1. The number of para-hydroxylation sites is 3. The Kier molecular flexibility index (Phi) is 7.15. The van der Waals surface area contributed by atoms with Crippen LogP contribution in [-0.2, 0) is 9.59 Å². The number of aliphatic hydroxyl groups excluding tert-OH is 1. The number of ether oxygens (including phenoxy) is 3. The molecule has 1 amide bonds. The molecule has 36 heavy (non-hydrogen) atoms. The van der Waals surface area contributed by atoms with Crippen molar-refractivity contribution in [1.29, 1.82) is 0 Å². The second-order valence-corrected chi connectivity index (χ2v) is 7.92. The maximum Gasteiger partial charge on any atom is 0.300 e. The van der Waals surface area contributed by atoms with E-state index in [0.717, 1.165) is 0 Å². The number of carbonyl (C=O) groups excluding carboxylic acids is 2. The van der Waals surface area contributed by atoms with Crippen LogP contribution in [0.3, 0.4) is 0 Å². The fourth-order valence-electron chi connectivity index (χ4n) is 4.31. The molecule has 1 aliphatic heterocycles. The van der Waals surface area contributed by atoms with Gasteiger partial charge in [-0.05, 0) is 44.2 Å². The Balaban J connectivity index is 1.99. The molecule has 0 saturated carbocycles. The Labute approximate surface area is 209 Å². The zero-order valence-electron chi connectivity index (χ0n) is 20.2. The maximum atomic E-state index is 13.4. The SMILES string of the molecule is CCOc1ccc(/C(O)=C2\C(=O)C(=O)N(c3ccccc3O)C2c2ccccc2OC)c(OCC)c1. The number of benzene rings is 3. The van der Waals surface area contributed by atoms with E-state index in [4.69, 9.17) is 14.2 Å². The van der Waals surface area contributed by atoms with E-state index in [1.165, 1.54) is 24.1 Å². The third kappa shape index (κ3) is 4.33. The van der Waals surface area contributed by atoms with Crippen molar-refractivity contribution in [2.24, 2.45) is 0 Å². The molecular formula is C28H27NO7. The second kappa shape index (κ2) is 10.4. The topological polar surface area (TPSA) is 106 Å². The number of ketones is 1. The zero-order chi connectivity index (χ0) is 25.8. The van der Waals surface area contributed by atoms with Crippen molar-refractivity contribution in [2.45, 2.75) is 19.9 Å². The van der Waals surface area contributed by atoms with Crippen LogP contribution in [0.25, 0.3) is 5.76 Å². The smallest absolute Gasteiger partial charge is 0.300 e. The molecule has 1 fully saturated rings. The average molecular weight is 490 g/mol. The van der Waals surface area contributed by atoms with Crippen LogP contribution in [0, 0.1) is 0 Å². The fraction of sp³-hybridized carbons (Fsp3) is 0.214. The Morgan fingerprint density at radius 1 is 0.917 bits per heavy atom. The van der Waals surface area contributed by atoms with E-state index < -0.39 is 23.5 Å². The molecule has 1 aliphatic rings. The second-order valence-electron chi connectivity index (χ2n) is 7.92. The minimum atomic E-state index is -1.07. The van der Waals surface area contributed by atoms with Crippen LogP contribution in [-0.4, -0.2) is 42.2 Å². The molecule has 0 bridgehead atoms. The normalized spacial score (nSPS) is 16.8. The number of hydrogen-bond donors (Lipinski definition) is 2. The van der Waals surface area contributed by atoms with Crippen LogP contribution in [0.4, 0.5) is 5.69 Å². The highest BCUT2D eigenvalue weighted by atomic mass is 16.5. The molecule has 2 N–H and O–H groups in total. The summed E-state index contributed by atoms with van der Waals surface area (Å²) >= 11 is 0. The standard InChI is InChI=1S/C28H27NO7/c1-4-35-17-14-15-19(23(16-17)36-5-2)26(31)24-25(18-10-6-9-13-22(18)34-3)29(28(33)27(24)32)20-11-7-8-12-21(20)30/h6-16,25,30-31H,4-5H2,1-3H3/b26-24+. The van der Waals surface area contributed by atoms with Crippen molar-refractivity contribution in [3.63, 3.8) is 0 Å². The van der Waals surface area contributed by atoms with Gasteiger partial charge in [-0.3, -0.25) is 14.5 Å². The molecule has 0 aliphatic carbocycles. The average Bonchev–Trinajstić information content (AvgIpc) is 3.14. The molecule has 0 radical (unpaired) electrons.